The molecule has 5 rings (SSSR count). The van der Waals surface area contributed by atoms with Crippen LogP contribution in [-0.2, 0) is 11.2 Å². The molecule has 1 amide bonds. The zero-order chi connectivity index (χ0) is 21.2. The molecule has 0 spiro atoms. The number of rotatable bonds is 4. The Morgan fingerprint density at radius 2 is 1.74 bits per heavy atom. The first-order chi connectivity index (χ1) is 15.2. The molecule has 1 saturated carbocycles. The lowest BCUT2D eigenvalue weighted by atomic mass is 9.94. The third kappa shape index (κ3) is 4.22. The molecule has 6 nitrogen and oxygen atoms in total. The van der Waals surface area contributed by atoms with Crippen LogP contribution in [0.4, 0.5) is 0 Å². The zero-order valence-corrected chi connectivity index (χ0v) is 18.3. The van der Waals surface area contributed by atoms with Crippen LogP contribution in [-0.4, -0.2) is 62.5 Å². The van der Waals surface area contributed by atoms with E-state index in [1.807, 2.05) is 24.0 Å². The summed E-state index contributed by atoms with van der Waals surface area (Å²) >= 11 is 0. The fraction of sp³-hybridized carbons (Fsp3) is 0.480. The van der Waals surface area contributed by atoms with Crippen LogP contribution in [0, 0.1) is 6.92 Å². The number of nitrogens with zero attached hydrogens (tertiary/aromatic N) is 5. The van der Waals surface area contributed by atoms with Gasteiger partial charge in [-0.2, -0.15) is 0 Å². The van der Waals surface area contributed by atoms with Gasteiger partial charge in [-0.1, -0.05) is 31.4 Å². The van der Waals surface area contributed by atoms with Crippen LogP contribution in [0.3, 0.4) is 0 Å². The van der Waals surface area contributed by atoms with Gasteiger partial charge in [0.25, 0.3) is 0 Å². The molecule has 3 aromatic rings. The van der Waals surface area contributed by atoms with Crippen molar-refractivity contribution in [2.45, 2.75) is 51.5 Å². The second kappa shape index (κ2) is 8.79. The molecule has 162 valence electrons. The number of amides is 1. The van der Waals surface area contributed by atoms with E-state index < -0.39 is 0 Å². The Morgan fingerprint density at radius 1 is 1.00 bits per heavy atom. The standard InChI is InChI=1S/C25H31N5O/c1-19-27-23-8-5-13-26-25(23)30(19)22-11-9-20(10-12-22)18-24(31)29-16-14-28(15-17-29)21-6-3-2-4-7-21/h5,8-13,21H,2-4,6-7,14-18H2,1H3. The van der Waals surface area contributed by atoms with Crippen LogP contribution in [0.5, 0.6) is 0 Å². The van der Waals surface area contributed by atoms with Crippen LogP contribution < -0.4 is 0 Å². The first kappa shape index (κ1) is 20.2. The Kier molecular flexibility index (Phi) is 5.72. The summed E-state index contributed by atoms with van der Waals surface area (Å²) < 4.78 is 2.06. The Labute approximate surface area is 183 Å². The number of aromatic nitrogens is 3. The van der Waals surface area contributed by atoms with E-state index in [0.717, 1.165) is 60.5 Å². The predicted octanol–water partition coefficient (Wildman–Crippen LogP) is 3.75. The van der Waals surface area contributed by atoms with E-state index in [1.165, 1.54) is 32.1 Å². The molecular formula is C25H31N5O. The minimum atomic E-state index is 0.238. The lowest BCUT2D eigenvalue weighted by molar-refractivity contribution is -0.132. The molecule has 3 heterocycles. The van der Waals surface area contributed by atoms with E-state index in [2.05, 4.69) is 43.7 Å². The quantitative estimate of drug-likeness (QED) is 0.649. The Balaban J connectivity index is 1.21. The second-order valence-corrected chi connectivity index (χ2v) is 8.89. The van der Waals surface area contributed by atoms with Gasteiger partial charge in [0.05, 0.1) is 6.42 Å². The largest absolute Gasteiger partial charge is 0.340 e. The zero-order valence-electron chi connectivity index (χ0n) is 18.3. The minimum Gasteiger partial charge on any atom is -0.340 e. The summed E-state index contributed by atoms with van der Waals surface area (Å²) in [6, 6.07) is 12.9. The number of carbonyl (C=O) groups is 1. The van der Waals surface area contributed by atoms with Gasteiger partial charge in [0.1, 0.15) is 11.3 Å². The molecule has 0 atom stereocenters. The molecule has 2 aliphatic rings. The van der Waals surface area contributed by atoms with Crippen molar-refractivity contribution < 1.29 is 4.79 Å². The third-order valence-electron chi connectivity index (χ3n) is 6.89. The van der Waals surface area contributed by atoms with E-state index in [0.29, 0.717) is 6.42 Å². The van der Waals surface area contributed by atoms with Crippen molar-refractivity contribution in [3.8, 4) is 5.69 Å². The van der Waals surface area contributed by atoms with Crippen molar-refractivity contribution in [3.05, 3.63) is 54.0 Å². The number of hydrogen-bond acceptors (Lipinski definition) is 4. The van der Waals surface area contributed by atoms with Gasteiger partial charge in [-0.25, -0.2) is 9.97 Å². The molecule has 1 aliphatic carbocycles. The van der Waals surface area contributed by atoms with Crippen molar-refractivity contribution in [2.75, 3.05) is 26.2 Å². The number of hydrogen-bond donors (Lipinski definition) is 0. The maximum Gasteiger partial charge on any atom is 0.227 e. The normalized spacial score (nSPS) is 18.5. The number of aryl methyl sites for hydroxylation is 1. The molecule has 2 fully saturated rings. The Morgan fingerprint density at radius 3 is 2.48 bits per heavy atom. The van der Waals surface area contributed by atoms with Gasteiger partial charge in [-0.05, 0) is 49.6 Å². The average molecular weight is 418 g/mol. The molecule has 0 radical (unpaired) electrons. The van der Waals surface area contributed by atoms with Crippen molar-refractivity contribution in [1.82, 2.24) is 24.3 Å². The second-order valence-electron chi connectivity index (χ2n) is 8.89. The number of imidazole rings is 1. The van der Waals surface area contributed by atoms with E-state index in [4.69, 9.17) is 0 Å². The summed E-state index contributed by atoms with van der Waals surface area (Å²) in [5.74, 6) is 1.15. The molecule has 31 heavy (non-hydrogen) atoms. The molecule has 1 aromatic carbocycles. The molecule has 1 aliphatic heterocycles. The summed E-state index contributed by atoms with van der Waals surface area (Å²) in [4.78, 5) is 26.6. The smallest absolute Gasteiger partial charge is 0.227 e. The summed E-state index contributed by atoms with van der Waals surface area (Å²) in [5.41, 5.74) is 3.83. The SMILES string of the molecule is Cc1nc2cccnc2n1-c1ccc(CC(=O)N2CCN(C3CCCCC3)CC2)cc1. The van der Waals surface area contributed by atoms with E-state index in [9.17, 15) is 4.79 Å². The highest BCUT2D eigenvalue weighted by Crippen LogP contribution is 2.24. The highest BCUT2D eigenvalue weighted by atomic mass is 16.2. The molecule has 0 bridgehead atoms. The van der Waals surface area contributed by atoms with E-state index in [1.54, 1.807) is 6.20 Å². The lowest BCUT2D eigenvalue weighted by Gasteiger charge is -2.40. The summed E-state index contributed by atoms with van der Waals surface area (Å²) in [6.07, 6.45) is 9.05. The van der Waals surface area contributed by atoms with Crippen molar-refractivity contribution >= 4 is 17.1 Å². The fourth-order valence-electron chi connectivity index (χ4n) is 5.17. The van der Waals surface area contributed by atoms with Gasteiger partial charge in [0.2, 0.25) is 5.91 Å². The highest BCUT2D eigenvalue weighted by molar-refractivity contribution is 5.79. The van der Waals surface area contributed by atoms with Crippen LogP contribution in [0.2, 0.25) is 0 Å². The van der Waals surface area contributed by atoms with Crippen molar-refractivity contribution in [1.29, 1.82) is 0 Å². The van der Waals surface area contributed by atoms with Gasteiger partial charge in [0.15, 0.2) is 5.65 Å². The first-order valence-electron chi connectivity index (χ1n) is 11.6. The molecule has 2 aromatic heterocycles. The molecule has 6 heteroatoms. The Hall–Kier alpha value is -2.73. The number of benzene rings is 1. The topological polar surface area (TPSA) is 54.3 Å². The average Bonchev–Trinajstić information content (AvgIpc) is 3.16. The fourth-order valence-corrected chi connectivity index (χ4v) is 5.17. The van der Waals surface area contributed by atoms with Gasteiger partial charge >= 0.3 is 0 Å². The molecule has 0 N–H and O–H groups in total. The summed E-state index contributed by atoms with van der Waals surface area (Å²) in [7, 11) is 0. The summed E-state index contributed by atoms with van der Waals surface area (Å²) in [5, 5.41) is 0. The molecule has 0 unspecified atom stereocenters. The number of fused-ring (bicyclic) bond motifs is 1. The van der Waals surface area contributed by atoms with Crippen LogP contribution >= 0.6 is 0 Å². The molecule has 1 saturated heterocycles. The number of pyridine rings is 1. The van der Waals surface area contributed by atoms with Crippen LogP contribution in [0.1, 0.15) is 43.5 Å². The highest BCUT2D eigenvalue weighted by Gasteiger charge is 2.27. The van der Waals surface area contributed by atoms with Crippen molar-refractivity contribution in [3.63, 3.8) is 0 Å². The Bertz CT molecular complexity index is 1040. The van der Waals surface area contributed by atoms with Gasteiger partial charge < -0.3 is 4.90 Å². The van der Waals surface area contributed by atoms with Crippen LogP contribution in [0.15, 0.2) is 42.6 Å². The van der Waals surface area contributed by atoms with E-state index >= 15 is 0 Å². The molecular weight excluding hydrogens is 386 g/mol. The summed E-state index contributed by atoms with van der Waals surface area (Å²) in [6.45, 7) is 5.76. The number of carbonyl (C=O) groups excluding carboxylic acids is 1. The van der Waals surface area contributed by atoms with Crippen LogP contribution in [0.25, 0.3) is 16.9 Å². The van der Waals surface area contributed by atoms with Gasteiger partial charge in [0, 0.05) is 44.1 Å². The lowest BCUT2D eigenvalue weighted by Crippen LogP contribution is -2.52. The monoisotopic (exact) mass is 417 g/mol. The minimum absolute atomic E-state index is 0.238. The third-order valence-corrected chi connectivity index (χ3v) is 6.89. The first-order valence-corrected chi connectivity index (χ1v) is 11.6. The van der Waals surface area contributed by atoms with Gasteiger partial charge in [-0.15, -0.1) is 0 Å². The van der Waals surface area contributed by atoms with E-state index in [-0.39, 0.29) is 5.91 Å². The van der Waals surface area contributed by atoms with Crippen molar-refractivity contribution in [2.24, 2.45) is 0 Å². The maximum absolute atomic E-state index is 12.9. The van der Waals surface area contributed by atoms with Gasteiger partial charge in [-0.3, -0.25) is 14.3 Å². The number of piperazine rings is 1. The maximum atomic E-state index is 12.9. The predicted molar refractivity (Wildman–Crippen MR) is 122 cm³/mol.